The van der Waals surface area contributed by atoms with Gasteiger partial charge in [-0.1, -0.05) is 66.8 Å². The molecule has 0 bridgehead atoms. The quantitative estimate of drug-likeness (QED) is 0.193. The van der Waals surface area contributed by atoms with Crippen molar-refractivity contribution in [3.8, 4) is 0 Å². The highest BCUT2D eigenvalue weighted by Crippen LogP contribution is 2.42. The number of aliphatic imine (C=N–C) groups is 1. The van der Waals surface area contributed by atoms with E-state index in [4.69, 9.17) is 14.3 Å². The first kappa shape index (κ1) is 26.0. The van der Waals surface area contributed by atoms with E-state index in [0.717, 1.165) is 17.7 Å². The predicted octanol–water partition coefficient (Wildman–Crippen LogP) is 8.67. The Morgan fingerprint density at radius 3 is 2.54 bits per heavy atom. The maximum Gasteiger partial charge on any atom is 0.480 e. The average molecular weight is 516 g/mol. The molecule has 0 unspecified atom stereocenters. The van der Waals surface area contributed by atoms with Crippen LogP contribution in [0, 0.1) is 5.92 Å². The highest BCUT2D eigenvalue weighted by Gasteiger charge is 2.50. The van der Waals surface area contributed by atoms with Crippen molar-refractivity contribution in [1.29, 1.82) is 0 Å². The maximum atomic E-state index is 6.22. The molecule has 39 heavy (non-hydrogen) atoms. The summed E-state index contributed by atoms with van der Waals surface area (Å²) in [4.78, 5) is 5.01. The van der Waals surface area contributed by atoms with Gasteiger partial charge in [0, 0.05) is 5.56 Å². The predicted molar refractivity (Wildman–Crippen MR) is 166 cm³/mol. The molecule has 1 atom stereocenters. The molecule has 0 radical (unpaired) electrons. The van der Waals surface area contributed by atoms with Gasteiger partial charge < -0.3 is 9.31 Å². The van der Waals surface area contributed by atoms with Crippen LogP contribution in [0.15, 0.2) is 95.6 Å². The zero-order valence-corrected chi connectivity index (χ0v) is 23.8. The molecule has 1 aliphatic heterocycles. The summed E-state index contributed by atoms with van der Waals surface area (Å²) in [5.41, 5.74) is 5.61. The van der Waals surface area contributed by atoms with Crippen LogP contribution in [-0.4, -0.2) is 30.5 Å². The smallest absolute Gasteiger partial charge is 0.402 e. The number of benzene rings is 3. The van der Waals surface area contributed by atoms with Crippen LogP contribution in [0.25, 0.3) is 27.1 Å². The first-order valence-corrected chi connectivity index (χ1v) is 14.3. The van der Waals surface area contributed by atoms with Crippen molar-refractivity contribution in [3.63, 3.8) is 0 Å². The summed E-state index contributed by atoms with van der Waals surface area (Å²) in [7, 11) is -0.354. The Kier molecular flexibility index (Phi) is 6.73. The van der Waals surface area contributed by atoms with Gasteiger partial charge in [0.1, 0.15) is 0 Å². The van der Waals surface area contributed by atoms with Crippen molar-refractivity contribution in [3.05, 3.63) is 102 Å². The molecule has 0 amide bonds. The molecular weight excluding hydrogens is 477 g/mol. The van der Waals surface area contributed by atoms with Crippen LogP contribution >= 0.6 is 0 Å². The van der Waals surface area contributed by atoms with Gasteiger partial charge in [0.2, 0.25) is 0 Å². The van der Waals surface area contributed by atoms with Crippen molar-refractivity contribution >= 4 is 39.9 Å². The summed E-state index contributed by atoms with van der Waals surface area (Å²) >= 11 is 0. The lowest BCUT2D eigenvalue weighted by atomic mass is 9.77. The van der Waals surface area contributed by atoms with E-state index in [9.17, 15) is 0 Å². The lowest BCUT2D eigenvalue weighted by molar-refractivity contribution is 0.00578. The van der Waals surface area contributed by atoms with Crippen LogP contribution in [-0.2, 0) is 9.31 Å². The molecular formula is C35H38BNO2. The van der Waals surface area contributed by atoms with Crippen molar-refractivity contribution in [1.82, 2.24) is 0 Å². The molecule has 3 aromatic rings. The SMILES string of the molecule is C/C=C\C(=N/CB1OC(C)(C)C(C)(C)O1)c1ccc2cc3ccccc3c(C3=CC=C4C=CCC[C@H]4C3)c2c1. The van der Waals surface area contributed by atoms with Gasteiger partial charge in [0.25, 0.3) is 0 Å². The number of nitrogens with zero attached hydrogens (tertiary/aromatic N) is 1. The molecule has 3 aromatic carbocycles. The molecule has 0 saturated carbocycles. The van der Waals surface area contributed by atoms with E-state index in [-0.39, 0.29) is 18.3 Å². The van der Waals surface area contributed by atoms with Crippen molar-refractivity contribution in [2.45, 2.75) is 65.1 Å². The van der Waals surface area contributed by atoms with E-state index in [1.807, 2.05) is 6.92 Å². The van der Waals surface area contributed by atoms with E-state index in [2.05, 4.69) is 113 Å². The second-order valence-corrected chi connectivity index (χ2v) is 12.1. The molecule has 1 fully saturated rings. The summed E-state index contributed by atoms with van der Waals surface area (Å²) in [5, 5.41) is 5.15. The van der Waals surface area contributed by atoms with Crippen molar-refractivity contribution in [2.75, 3.05) is 6.44 Å². The van der Waals surface area contributed by atoms with E-state index >= 15 is 0 Å². The maximum absolute atomic E-state index is 6.22. The zero-order valence-electron chi connectivity index (χ0n) is 23.8. The van der Waals surface area contributed by atoms with Crippen molar-refractivity contribution in [2.24, 2.45) is 10.9 Å². The summed E-state index contributed by atoms with van der Waals surface area (Å²) in [6.07, 6.45) is 17.4. The fourth-order valence-electron chi connectivity index (χ4n) is 6.12. The molecule has 198 valence electrons. The minimum Gasteiger partial charge on any atom is -0.402 e. The molecule has 0 N–H and O–H groups in total. The van der Waals surface area contributed by atoms with E-state index in [0.29, 0.717) is 12.4 Å². The van der Waals surface area contributed by atoms with Gasteiger partial charge in [-0.05, 0) is 116 Å². The van der Waals surface area contributed by atoms with Gasteiger partial charge in [-0.15, -0.1) is 0 Å². The Labute approximate surface area is 233 Å². The molecule has 1 saturated heterocycles. The summed E-state index contributed by atoms with van der Waals surface area (Å²) in [6, 6.07) is 17.9. The molecule has 0 aromatic heterocycles. The Hall–Kier alpha value is -3.21. The minimum atomic E-state index is -0.358. The molecule has 6 rings (SSSR count). The molecule has 0 spiro atoms. The second-order valence-electron chi connectivity index (χ2n) is 12.1. The highest BCUT2D eigenvalue weighted by molar-refractivity contribution is 6.46. The number of allylic oxidation sites excluding steroid dienone is 8. The van der Waals surface area contributed by atoms with Gasteiger partial charge in [0.15, 0.2) is 0 Å². The third-order valence-electron chi connectivity index (χ3n) is 8.92. The summed E-state index contributed by atoms with van der Waals surface area (Å²) < 4.78 is 12.4. The van der Waals surface area contributed by atoms with Crippen LogP contribution in [0.3, 0.4) is 0 Å². The number of rotatable bonds is 5. The lowest BCUT2D eigenvalue weighted by Crippen LogP contribution is -2.41. The fourth-order valence-corrected chi connectivity index (χ4v) is 6.12. The third-order valence-corrected chi connectivity index (χ3v) is 8.92. The average Bonchev–Trinajstić information content (AvgIpc) is 3.14. The summed E-state index contributed by atoms with van der Waals surface area (Å²) in [6.45, 7) is 10.4. The fraction of sp³-hybridized carbons (Fsp3) is 0.343. The van der Waals surface area contributed by atoms with Gasteiger partial charge in [0.05, 0.1) is 23.4 Å². The van der Waals surface area contributed by atoms with Gasteiger partial charge in [-0.3, -0.25) is 4.99 Å². The van der Waals surface area contributed by atoms with Crippen LogP contribution in [0.2, 0.25) is 0 Å². The number of hydrogen-bond donors (Lipinski definition) is 0. The minimum absolute atomic E-state index is 0.354. The standard InChI is InChI=1S/C35H38BNO2/c1-6-11-32(37-23-36-38-34(2,3)35(4,5)39-36)28-18-17-27-21-26-14-9-10-15-30(26)33(31(27)22-28)29-19-16-24-12-7-8-13-25(24)20-29/h6-7,9-12,14-19,21-22,25H,8,13,20,23H2,1-5H3/b11-6-,37-32+/t25-/m0/s1. The molecule has 3 nitrogen and oxygen atoms in total. The molecule has 1 heterocycles. The van der Waals surface area contributed by atoms with Crippen LogP contribution in [0.4, 0.5) is 0 Å². The van der Waals surface area contributed by atoms with Gasteiger partial charge in [-0.25, -0.2) is 0 Å². The Morgan fingerprint density at radius 2 is 1.74 bits per heavy atom. The van der Waals surface area contributed by atoms with E-state index in [1.165, 1.54) is 51.1 Å². The first-order valence-electron chi connectivity index (χ1n) is 14.3. The number of hydrogen-bond acceptors (Lipinski definition) is 3. The monoisotopic (exact) mass is 515 g/mol. The zero-order chi connectivity index (χ0) is 27.2. The first-order chi connectivity index (χ1) is 18.8. The lowest BCUT2D eigenvalue weighted by Gasteiger charge is -2.32. The molecule has 3 aliphatic rings. The topological polar surface area (TPSA) is 30.8 Å². The van der Waals surface area contributed by atoms with Crippen LogP contribution in [0.1, 0.15) is 65.0 Å². The molecule has 4 heteroatoms. The van der Waals surface area contributed by atoms with E-state index < -0.39 is 0 Å². The van der Waals surface area contributed by atoms with Crippen LogP contribution < -0.4 is 0 Å². The van der Waals surface area contributed by atoms with Gasteiger partial charge in [-0.2, -0.15) is 0 Å². The van der Waals surface area contributed by atoms with Crippen molar-refractivity contribution < 1.29 is 9.31 Å². The number of fused-ring (bicyclic) bond motifs is 3. The Balaban J connectivity index is 1.44. The Morgan fingerprint density at radius 1 is 0.974 bits per heavy atom. The normalized spacial score (nSPS) is 22.4. The van der Waals surface area contributed by atoms with E-state index in [1.54, 1.807) is 0 Å². The molecule has 2 aliphatic carbocycles. The summed E-state index contributed by atoms with van der Waals surface area (Å²) in [5.74, 6) is 0.604. The third kappa shape index (κ3) is 4.86. The highest BCUT2D eigenvalue weighted by atomic mass is 16.7. The largest absolute Gasteiger partial charge is 0.480 e. The Bertz CT molecular complexity index is 1570. The second kappa shape index (κ2) is 10.1. The van der Waals surface area contributed by atoms with Gasteiger partial charge >= 0.3 is 7.12 Å². The van der Waals surface area contributed by atoms with Crippen LogP contribution in [0.5, 0.6) is 0 Å².